The van der Waals surface area contributed by atoms with Crippen LogP contribution >= 0.6 is 11.8 Å². The number of Topliss-reactive ketones (excluding diaryl/α,β-unsaturated/α-hetero) is 1. The minimum Gasteiger partial charge on any atom is -0.385 e. The van der Waals surface area contributed by atoms with Gasteiger partial charge in [-0.05, 0) is 67.1 Å². The topological polar surface area (TPSA) is 64.4 Å². The average molecular weight is 506 g/mol. The van der Waals surface area contributed by atoms with Crippen LogP contribution in [-0.2, 0) is 11.3 Å². The summed E-state index contributed by atoms with van der Waals surface area (Å²) in [7, 11) is 1.62. The lowest BCUT2D eigenvalue weighted by Gasteiger charge is -2.39. The van der Waals surface area contributed by atoms with Crippen LogP contribution in [0.2, 0.25) is 0 Å². The van der Waals surface area contributed by atoms with Crippen molar-refractivity contribution in [3.63, 3.8) is 0 Å². The van der Waals surface area contributed by atoms with E-state index in [4.69, 9.17) is 4.74 Å². The fourth-order valence-corrected chi connectivity index (χ4v) is 4.82. The number of thioether (sulfide) groups is 1. The Balaban J connectivity index is 1.34. The largest absolute Gasteiger partial charge is 0.446 e. The van der Waals surface area contributed by atoms with Gasteiger partial charge in [0.2, 0.25) is 0 Å². The maximum atomic E-state index is 12.6. The lowest BCUT2D eigenvalue weighted by atomic mass is 9.98. The summed E-state index contributed by atoms with van der Waals surface area (Å²) in [4.78, 5) is 26.9. The zero-order chi connectivity index (χ0) is 25.2. The summed E-state index contributed by atoms with van der Waals surface area (Å²) in [6.45, 7) is 4.22. The maximum Gasteiger partial charge on any atom is 0.446 e. The summed E-state index contributed by atoms with van der Waals surface area (Å²) in [5, 5.41) is 5.56. The van der Waals surface area contributed by atoms with Gasteiger partial charge in [0, 0.05) is 73.3 Å². The average Bonchev–Trinajstić information content (AvgIpc) is 3.19. The van der Waals surface area contributed by atoms with Crippen LogP contribution < -0.4 is 0 Å². The van der Waals surface area contributed by atoms with E-state index in [2.05, 4.69) is 5.10 Å². The van der Waals surface area contributed by atoms with E-state index in [1.807, 2.05) is 29.9 Å². The standard InChI is InChI=1S/C25H26F3N3O3S/c1-16-20(23(32)4-3-11-34-2)9-10-22-21(16)15-31(29-22)14-17-12-30(13-17)24(33)18-5-7-19(8-6-18)35-25(26,27)28/h5-10,15,17H,3-4,11-14H2,1-2H3. The van der Waals surface area contributed by atoms with Crippen LogP contribution in [0.15, 0.2) is 47.5 Å². The first kappa shape index (κ1) is 25.2. The van der Waals surface area contributed by atoms with E-state index >= 15 is 0 Å². The molecule has 0 spiro atoms. The number of benzene rings is 2. The fourth-order valence-electron chi connectivity index (χ4n) is 4.29. The monoisotopic (exact) mass is 505 g/mol. The van der Waals surface area contributed by atoms with Crippen molar-refractivity contribution in [2.45, 2.75) is 36.7 Å². The molecule has 0 unspecified atom stereocenters. The molecule has 1 aliphatic heterocycles. The van der Waals surface area contributed by atoms with Crippen molar-refractivity contribution in [2.24, 2.45) is 5.92 Å². The summed E-state index contributed by atoms with van der Waals surface area (Å²) in [5.41, 5.74) is -1.55. The molecule has 2 aromatic carbocycles. The zero-order valence-corrected chi connectivity index (χ0v) is 20.3. The SMILES string of the molecule is COCCCC(=O)c1ccc2nn(CC3CN(C(=O)c4ccc(SC(F)(F)F)cc4)C3)cc2c1C. The molecular formula is C25H26F3N3O3S. The number of ketones is 1. The number of aromatic nitrogens is 2. The second-order valence-electron chi connectivity index (χ2n) is 8.69. The molecule has 10 heteroatoms. The molecule has 35 heavy (non-hydrogen) atoms. The predicted octanol–water partition coefficient (Wildman–Crippen LogP) is 5.34. The van der Waals surface area contributed by atoms with E-state index in [1.165, 1.54) is 24.3 Å². The molecule has 1 fully saturated rings. The van der Waals surface area contributed by atoms with Crippen molar-refractivity contribution in [3.05, 3.63) is 59.3 Å². The Bertz CT molecular complexity index is 1220. The van der Waals surface area contributed by atoms with Crippen molar-refractivity contribution in [3.8, 4) is 0 Å². The molecule has 0 bridgehead atoms. The number of nitrogens with zero attached hydrogens (tertiary/aromatic N) is 3. The van der Waals surface area contributed by atoms with Gasteiger partial charge in [-0.15, -0.1) is 0 Å². The molecule has 1 aromatic heterocycles. The van der Waals surface area contributed by atoms with Crippen LogP contribution in [0.1, 0.15) is 39.1 Å². The highest BCUT2D eigenvalue weighted by Crippen LogP contribution is 2.37. The molecule has 1 amide bonds. The van der Waals surface area contributed by atoms with Crippen molar-refractivity contribution in [1.29, 1.82) is 0 Å². The van der Waals surface area contributed by atoms with Crippen LogP contribution in [0.3, 0.4) is 0 Å². The van der Waals surface area contributed by atoms with Gasteiger partial charge in [-0.25, -0.2) is 0 Å². The Kier molecular flexibility index (Phi) is 7.51. The lowest BCUT2D eigenvalue weighted by molar-refractivity contribution is -0.0328. The molecule has 3 aromatic rings. The molecule has 4 rings (SSSR count). The predicted molar refractivity (Wildman–Crippen MR) is 128 cm³/mol. The minimum atomic E-state index is -4.35. The third-order valence-corrected chi connectivity index (χ3v) is 6.82. The molecule has 2 heterocycles. The Morgan fingerprint density at radius 1 is 1.14 bits per heavy atom. The first-order valence-electron chi connectivity index (χ1n) is 11.3. The number of aryl methyl sites for hydroxylation is 1. The normalized spacial score (nSPS) is 14.4. The van der Waals surface area contributed by atoms with Crippen LogP contribution in [0.4, 0.5) is 13.2 Å². The molecule has 1 saturated heterocycles. The second kappa shape index (κ2) is 10.4. The number of alkyl halides is 3. The molecule has 0 aliphatic carbocycles. The number of carbonyl (C=O) groups is 2. The van der Waals surface area contributed by atoms with Crippen molar-refractivity contribution in [2.75, 3.05) is 26.8 Å². The van der Waals surface area contributed by atoms with E-state index in [0.717, 1.165) is 16.5 Å². The van der Waals surface area contributed by atoms with Crippen molar-refractivity contribution in [1.82, 2.24) is 14.7 Å². The van der Waals surface area contributed by atoms with E-state index in [0.29, 0.717) is 50.2 Å². The lowest BCUT2D eigenvalue weighted by Crippen LogP contribution is -2.51. The second-order valence-corrected chi connectivity index (χ2v) is 9.83. The number of halogens is 3. The summed E-state index contributed by atoms with van der Waals surface area (Å²) < 4.78 is 44.3. The zero-order valence-electron chi connectivity index (χ0n) is 19.5. The maximum absolute atomic E-state index is 12.6. The number of rotatable bonds is 9. The van der Waals surface area contributed by atoms with Gasteiger partial charge in [-0.1, -0.05) is 0 Å². The third kappa shape index (κ3) is 6.05. The van der Waals surface area contributed by atoms with Crippen molar-refractivity contribution >= 4 is 34.4 Å². The number of likely N-dealkylation sites (tertiary alicyclic amines) is 1. The first-order chi connectivity index (χ1) is 16.6. The van der Waals surface area contributed by atoms with Gasteiger partial charge in [-0.3, -0.25) is 14.3 Å². The summed E-state index contributed by atoms with van der Waals surface area (Å²) in [6.07, 6.45) is 3.06. The van der Waals surface area contributed by atoms with Crippen LogP contribution in [0.25, 0.3) is 10.9 Å². The summed E-state index contributed by atoms with van der Waals surface area (Å²) in [5.74, 6) is 0.124. The Morgan fingerprint density at radius 3 is 2.51 bits per heavy atom. The summed E-state index contributed by atoms with van der Waals surface area (Å²) in [6, 6.07) is 9.18. The highest BCUT2D eigenvalue weighted by atomic mass is 32.2. The van der Waals surface area contributed by atoms with Gasteiger partial charge in [0.05, 0.1) is 5.52 Å². The molecule has 0 radical (unpaired) electrons. The Hall–Kier alpha value is -2.85. The minimum absolute atomic E-state index is 0.0522. The molecule has 1 aliphatic rings. The van der Waals surface area contributed by atoms with E-state index in [9.17, 15) is 22.8 Å². The fraction of sp³-hybridized carbons (Fsp3) is 0.400. The number of amides is 1. The Labute approximate surface area is 205 Å². The quantitative estimate of drug-likeness (QED) is 0.223. The number of methoxy groups -OCH3 is 1. The van der Waals surface area contributed by atoms with E-state index < -0.39 is 5.51 Å². The number of fused-ring (bicyclic) bond motifs is 1. The molecule has 0 atom stereocenters. The van der Waals surface area contributed by atoms with Gasteiger partial charge >= 0.3 is 5.51 Å². The van der Waals surface area contributed by atoms with Crippen LogP contribution in [0, 0.1) is 12.8 Å². The number of ether oxygens (including phenoxy) is 1. The van der Waals surface area contributed by atoms with Gasteiger partial charge in [0.25, 0.3) is 5.91 Å². The van der Waals surface area contributed by atoms with Gasteiger partial charge in [0.15, 0.2) is 5.78 Å². The molecule has 0 saturated carbocycles. The number of hydrogen-bond donors (Lipinski definition) is 0. The highest BCUT2D eigenvalue weighted by Gasteiger charge is 2.32. The smallest absolute Gasteiger partial charge is 0.385 e. The number of hydrogen-bond acceptors (Lipinski definition) is 5. The summed E-state index contributed by atoms with van der Waals surface area (Å²) >= 11 is -0.198. The van der Waals surface area contributed by atoms with Crippen molar-refractivity contribution < 1.29 is 27.5 Å². The van der Waals surface area contributed by atoms with Crippen LogP contribution in [0.5, 0.6) is 0 Å². The first-order valence-corrected chi connectivity index (χ1v) is 12.1. The molecule has 186 valence electrons. The van der Waals surface area contributed by atoms with E-state index in [-0.39, 0.29) is 34.3 Å². The molecule has 6 nitrogen and oxygen atoms in total. The Morgan fingerprint density at radius 2 is 1.86 bits per heavy atom. The highest BCUT2D eigenvalue weighted by molar-refractivity contribution is 8.00. The van der Waals surface area contributed by atoms with Crippen LogP contribution in [-0.4, -0.2) is 58.7 Å². The number of carbonyl (C=O) groups excluding carboxylic acids is 2. The van der Waals surface area contributed by atoms with Gasteiger partial charge in [-0.2, -0.15) is 18.3 Å². The third-order valence-electron chi connectivity index (χ3n) is 6.08. The molecular weight excluding hydrogens is 479 g/mol. The van der Waals surface area contributed by atoms with Gasteiger partial charge < -0.3 is 9.64 Å². The molecule has 0 N–H and O–H groups in total. The van der Waals surface area contributed by atoms with Gasteiger partial charge in [0.1, 0.15) is 0 Å². The van der Waals surface area contributed by atoms with E-state index in [1.54, 1.807) is 12.0 Å².